The van der Waals surface area contributed by atoms with Crippen LogP contribution in [0.1, 0.15) is 19.8 Å². The van der Waals surface area contributed by atoms with Crippen LogP contribution in [0, 0.1) is 11.8 Å². The second-order valence-corrected chi connectivity index (χ2v) is 6.41. The minimum atomic E-state index is -1.05. The van der Waals surface area contributed by atoms with Crippen LogP contribution in [-0.2, 0) is 13.6 Å². The van der Waals surface area contributed by atoms with Crippen LogP contribution < -0.4 is 15.8 Å². The van der Waals surface area contributed by atoms with E-state index in [0.29, 0.717) is 24.6 Å². The number of fused-ring (bicyclic) bond motifs is 1. The van der Waals surface area contributed by atoms with Gasteiger partial charge in [0.05, 0.1) is 6.54 Å². The van der Waals surface area contributed by atoms with Crippen molar-refractivity contribution in [3.8, 4) is 11.8 Å². The fourth-order valence-electron chi connectivity index (χ4n) is 3.12. The highest BCUT2D eigenvalue weighted by atomic mass is 35.5. The van der Waals surface area contributed by atoms with Gasteiger partial charge in [-0.25, -0.2) is 4.79 Å². The van der Waals surface area contributed by atoms with Gasteiger partial charge in [-0.1, -0.05) is 5.92 Å². The molecule has 3 heterocycles. The van der Waals surface area contributed by atoms with Crippen LogP contribution in [0.25, 0.3) is 11.2 Å². The van der Waals surface area contributed by atoms with E-state index < -0.39 is 6.09 Å². The molecule has 10 heteroatoms. The van der Waals surface area contributed by atoms with E-state index in [1.807, 2.05) is 4.90 Å². The molecule has 1 unspecified atom stereocenters. The second kappa shape index (κ2) is 7.25. The van der Waals surface area contributed by atoms with E-state index in [1.165, 1.54) is 4.57 Å². The molecular formula is C16H19ClN6O3. The van der Waals surface area contributed by atoms with Crippen molar-refractivity contribution >= 4 is 34.8 Å². The Morgan fingerprint density at radius 1 is 1.46 bits per heavy atom. The molecule has 1 saturated heterocycles. The summed E-state index contributed by atoms with van der Waals surface area (Å²) in [7, 11) is 1.55. The maximum Gasteiger partial charge on any atom is 0.404 e. The molecule has 0 spiro atoms. The van der Waals surface area contributed by atoms with Crippen molar-refractivity contribution in [2.75, 3.05) is 18.0 Å². The van der Waals surface area contributed by atoms with Gasteiger partial charge in [0, 0.05) is 26.2 Å². The lowest BCUT2D eigenvalue weighted by Crippen LogP contribution is -2.48. The number of nitrogens with zero attached hydrogens (tertiary/aromatic N) is 5. The Bertz CT molecular complexity index is 970. The predicted octanol–water partition coefficient (Wildman–Crippen LogP) is 1.04. The van der Waals surface area contributed by atoms with E-state index in [2.05, 4.69) is 27.1 Å². The fourth-order valence-corrected chi connectivity index (χ4v) is 3.28. The molecule has 1 atom stereocenters. The largest absolute Gasteiger partial charge is 0.465 e. The number of anilines is 1. The van der Waals surface area contributed by atoms with E-state index in [0.717, 1.165) is 12.8 Å². The summed E-state index contributed by atoms with van der Waals surface area (Å²) in [4.78, 5) is 34.3. The highest BCUT2D eigenvalue weighted by Gasteiger charge is 2.27. The molecule has 2 N–H and O–H groups in total. The van der Waals surface area contributed by atoms with Crippen molar-refractivity contribution in [2.45, 2.75) is 32.4 Å². The lowest BCUT2D eigenvalue weighted by molar-refractivity contribution is 0.188. The minimum absolute atomic E-state index is 0.0596. The average molecular weight is 379 g/mol. The topological polar surface area (TPSA) is 105 Å². The van der Waals surface area contributed by atoms with Gasteiger partial charge in [0.2, 0.25) is 11.2 Å². The summed E-state index contributed by atoms with van der Waals surface area (Å²) in [5.74, 6) is 6.32. The van der Waals surface area contributed by atoms with Gasteiger partial charge in [-0.05, 0) is 31.4 Å². The van der Waals surface area contributed by atoms with Crippen molar-refractivity contribution in [1.82, 2.24) is 24.4 Å². The molecule has 26 heavy (non-hydrogen) atoms. The maximum atomic E-state index is 12.7. The molecule has 1 aliphatic rings. The number of nitrogens with one attached hydrogen (secondary N) is 1. The Hall–Kier alpha value is -2.73. The number of carboxylic acid groups (broad SMARTS) is 1. The highest BCUT2D eigenvalue weighted by molar-refractivity contribution is 6.28. The molecular weight excluding hydrogens is 360 g/mol. The fraction of sp³-hybridized carbons (Fsp3) is 0.500. The summed E-state index contributed by atoms with van der Waals surface area (Å²) in [6.45, 7) is 3.17. The molecule has 2 aromatic rings. The van der Waals surface area contributed by atoms with Crippen molar-refractivity contribution in [2.24, 2.45) is 7.05 Å². The number of amides is 1. The van der Waals surface area contributed by atoms with Crippen LogP contribution in [0.4, 0.5) is 10.7 Å². The Morgan fingerprint density at radius 2 is 2.23 bits per heavy atom. The highest BCUT2D eigenvalue weighted by Crippen LogP contribution is 2.23. The van der Waals surface area contributed by atoms with E-state index in [-0.39, 0.29) is 29.1 Å². The number of hydrogen-bond donors (Lipinski definition) is 2. The smallest absolute Gasteiger partial charge is 0.404 e. The number of carbonyl (C=O) groups is 1. The van der Waals surface area contributed by atoms with Crippen LogP contribution in [0.2, 0.25) is 5.28 Å². The van der Waals surface area contributed by atoms with Gasteiger partial charge in [-0.2, -0.15) is 9.97 Å². The van der Waals surface area contributed by atoms with Crippen LogP contribution in [0.15, 0.2) is 4.79 Å². The van der Waals surface area contributed by atoms with E-state index in [4.69, 9.17) is 16.7 Å². The minimum Gasteiger partial charge on any atom is -0.465 e. The predicted molar refractivity (Wildman–Crippen MR) is 97.6 cm³/mol. The third-order valence-corrected chi connectivity index (χ3v) is 4.70. The zero-order valence-electron chi connectivity index (χ0n) is 14.5. The maximum absolute atomic E-state index is 12.7. The summed E-state index contributed by atoms with van der Waals surface area (Å²) < 4.78 is 2.98. The number of hydrogen-bond acceptors (Lipinski definition) is 5. The summed E-state index contributed by atoms with van der Waals surface area (Å²) in [5, 5.41) is 11.5. The lowest BCUT2D eigenvalue weighted by Gasteiger charge is -2.33. The van der Waals surface area contributed by atoms with Crippen LogP contribution >= 0.6 is 11.6 Å². The quantitative estimate of drug-likeness (QED) is 0.610. The first-order valence-corrected chi connectivity index (χ1v) is 8.57. The number of rotatable bonds is 3. The summed E-state index contributed by atoms with van der Waals surface area (Å²) in [6.07, 6.45) is 0.508. The molecule has 138 valence electrons. The Balaban J connectivity index is 2.09. The third-order valence-electron chi connectivity index (χ3n) is 4.36. The molecule has 1 aliphatic heterocycles. The van der Waals surface area contributed by atoms with Crippen molar-refractivity contribution in [1.29, 1.82) is 0 Å². The molecule has 1 fully saturated rings. The zero-order valence-corrected chi connectivity index (χ0v) is 15.2. The number of aromatic nitrogens is 4. The Morgan fingerprint density at radius 3 is 2.92 bits per heavy atom. The van der Waals surface area contributed by atoms with Crippen LogP contribution in [0.3, 0.4) is 0 Å². The third kappa shape index (κ3) is 3.32. The molecule has 1 amide bonds. The Labute approximate surface area is 154 Å². The summed E-state index contributed by atoms with van der Waals surface area (Å²) >= 11 is 6.01. The SMILES string of the molecule is CC#CCn1c(N2CCCC(NC(=O)O)C2)nc2nc(Cl)n(C)c(=O)c21. The molecule has 3 rings (SSSR count). The van der Waals surface area contributed by atoms with Gasteiger partial charge in [-0.3, -0.25) is 13.9 Å². The zero-order chi connectivity index (χ0) is 18.8. The molecule has 0 aliphatic carbocycles. The second-order valence-electron chi connectivity index (χ2n) is 6.08. The van der Waals surface area contributed by atoms with Crippen molar-refractivity contribution < 1.29 is 9.90 Å². The van der Waals surface area contributed by atoms with Gasteiger partial charge in [-0.15, -0.1) is 5.92 Å². The monoisotopic (exact) mass is 378 g/mol. The Kier molecular flexibility index (Phi) is 5.04. The van der Waals surface area contributed by atoms with Crippen molar-refractivity contribution in [3.63, 3.8) is 0 Å². The van der Waals surface area contributed by atoms with Gasteiger partial charge >= 0.3 is 6.09 Å². The van der Waals surface area contributed by atoms with Crippen LogP contribution in [-0.4, -0.2) is 49.4 Å². The standard InChI is InChI=1S/C16H19ClN6O3/c1-3-4-8-23-11-12(19-14(17)21(2)13(11)24)20-15(23)22-7-5-6-10(9-22)18-16(25)26/h10,18H,5-9H2,1-2H3,(H,25,26). The normalized spacial score (nSPS) is 17.0. The molecule has 0 saturated carbocycles. The molecule has 0 bridgehead atoms. The van der Waals surface area contributed by atoms with Gasteiger partial charge < -0.3 is 15.3 Å². The average Bonchev–Trinajstić information content (AvgIpc) is 2.96. The lowest BCUT2D eigenvalue weighted by atomic mass is 10.1. The number of imidazole rings is 1. The van der Waals surface area contributed by atoms with Gasteiger partial charge in [0.1, 0.15) is 0 Å². The molecule has 9 nitrogen and oxygen atoms in total. The summed E-state index contributed by atoms with van der Waals surface area (Å²) in [5.41, 5.74) is 0.302. The number of piperidine rings is 1. The molecule has 0 radical (unpaired) electrons. The van der Waals surface area contributed by atoms with Gasteiger partial charge in [0.15, 0.2) is 11.2 Å². The van der Waals surface area contributed by atoms with Gasteiger partial charge in [0.25, 0.3) is 5.56 Å². The summed E-state index contributed by atoms with van der Waals surface area (Å²) in [6, 6.07) is -0.203. The van der Waals surface area contributed by atoms with Crippen molar-refractivity contribution in [3.05, 3.63) is 15.6 Å². The number of halogens is 1. The first kappa shape index (κ1) is 18.1. The molecule has 0 aromatic carbocycles. The van der Waals surface area contributed by atoms with Crippen LogP contribution in [0.5, 0.6) is 0 Å². The van der Waals surface area contributed by atoms with E-state index in [1.54, 1.807) is 18.5 Å². The first-order valence-electron chi connectivity index (χ1n) is 8.19. The van der Waals surface area contributed by atoms with E-state index in [9.17, 15) is 9.59 Å². The first-order chi connectivity index (χ1) is 12.4. The molecule has 2 aromatic heterocycles. The van der Waals surface area contributed by atoms with E-state index >= 15 is 0 Å².